The third-order valence-corrected chi connectivity index (χ3v) is 9.13. The van der Waals surface area contributed by atoms with E-state index in [1.54, 1.807) is 17.4 Å². The summed E-state index contributed by atoms with van der Waals surface area (Å²) in [6.45, 7) is 1.02. The molecule has 1 saturated heterocycles. The quantitative estimate of drug-likeness (QED) is 0.640. The molecule has 0 aliphatic carbocycles. The van der Waals surface area contributed by atoms with Gasteiger partial charge in [-0.25, -0.2) is 8.42 Å². The summed E-state index contributed by atoms with van der Waals surface area (Å²) < 4.78 is 27.3. The van der Waals surface area contributed by atoms with Crippen LogP contribution in [0.4, 0.5) is 0 Å². The van der Waals surface area contributed by atoms with Gasteiger partial charge in [-0.3, -0.25) is 4.79 Å². The first kappa shape index (κ1) is 23.5. The van der Waals surface area contributed by atoms with Crippen LogP contribution in [0.1, 0.15) is 23.8 Å². The summed E-state index contributed by atoms with van der Waals surface area (Å²) in [5, 5.41) is 5.27. The van der Waals surface area contributed by atoms with Crippen LogP contribution in [0.2, 0.25) is 10.0 Å². The molecule has 1 atom stereocenters. The Hall–Kier alpha value is -1.16. The van der Waals surface area contributed by atoms with E-state index in [9.17, 15) is 13.2 Å². The number of carbonyl (C=O) groups is 1. The maximum Gasteiger partial charge on any atom is 0.246 e. The van der Waals surface area contributed by atoms with E-state index >= 15 is 0 Å². The number of nitrogens with one attached hydrogen (secondary N) is 1. The van der Waals surface area contributed by atoms with E-state index in [-0.39, 0.29) is 45.9 Å². The number of nitrogens with zero attached hydrogens (tertiary/aromatic N) is 2. The van der Waals surface area contributed by atoms with Crippen LogP contribution >= 0.6 is 34.5 Å². The molecule has 3 rings (SSSR count). The molecule has 2 aromatic rings. The molecule has 1 amide bonds. The van der Waals surface area contributed by atoms with Crippen LogP contribution < -0.4 is 5.32 Å². The lowest BCUT2D eigenvalue weighted by molar-refractivity contribution is -0.126. The fraction of sp³-hybridized carbons (Fsp3) is 0.450. The highest BCUT2D eigenvalue weighted by atomic mass is 35.5. The van der Waals surface area contributed by atoms with Gasteiger partial charge in [0, 0.05) is 30.4 Å². The minimum Gasteiger partial charge on any atom is -0.354 e. The van der Waals surface area contributed by atoms with Gasteiger partial charge in [-0.2, -0.15) is 4.31 Å². The van der Waals surface area contributed by atoms with E-state index in [1.165, 1.54) is 21.3 Å². The summed E-state index contributed by atoms with van der Waals surface area (Å²) in [4.78, 5) is 15.9. The van der Waals surface area contributed by atoms with Crippen molar-refractivity contribution in [3.8, 4) is 0 Å². The second-order valence-corrected chi connectivity index (χ2v) is 11.1. The SMILES string of the molecule is CN(C)C(CNC(=O)C1CCN(S(=O)(=O)c2c(Cl)cccc2Cl)CC1)c1cccs1. The smallest absolute Gasteiger partial charge is 0.246 e. The lowest BCUT2D eigenvalue weighted by atomic mass is 9.97. The number of benzene rings is 1. The molecule has 1 aromatic heterocycles. The van der Waals surface area contributed by atoms with Gasteiger partial charge in [0.25, 0.3) is 0 Å². The molecule has 164 valence electrons. The Kier molecular flexibility index (Phi) is 7.81. The van der Waals surface area contributed by atoms with Crippen LogP contribution in [0.25, 0.3) is 0 Å². The number of thiophene rings is 1. The van der Waals surface area contributed by atoms with Gasteiger partial charge in [0.15, 0.2) is 0 Å². The van der Waals surface area contributed by atoms with Gasteiger partial charge in [-0.1, -0.05) is 35.3 Å². The van der Waals surface area contributed by atoms with Gasteiger partial charge < -0.3 is 10.2 Å². The molecular weight excluding hydrogens is 465 g/mol. The topological polar surface area (TPSA) is 69.7 Å². The first-order chi connectivity index (χ1) is 14.2. The van der Waals surface area contributed by atoms with Gasteiger partial charge in [0.1, 0.15) is 4.90 Å². The summed E-state index contributed by atoms with van der Waals surface area (Å²) in [5.74, 6) is -0.254. The zero-order chi connectivity index (χ0) is 21.9. The Morgan fingerprint density at radius 2 is 1.83 bits per heavy atom. The average Bonchev–Trinajstić information content (AvgIpc) is 3.22. The normalized spacial score (nSPS) is 17.2. The molecular formula is C20H25Cl2N3O3S2. The lowest BCUT2D eigenvalue weighted by Crippen LogP contribution is -2.44. The molecule has 1 fully saturated rings. The highest BCUT2D eigenvalue weighted by Crippen LogP contribution is 2.33. The van der Waals surface area contributed by atoms with Gasteiger partial charge >= 0.3 is 0 Å². The number of hydrogen-bond donors (Lipinski definition) is 1. The molecule has 1 aliphatic rings. The second kappa shape index (κ2) is 9.97. The van der Waals surface area contributed by atoms with Crippen molar-refractivity contribution >= 4 is 50.5 Å². The van der Waals surface area contributed by atoms with E-state index in [0.29, 0.717) is 19.4 Å². The third-order valence-electron chi connectivity index (χ3n) is 5.31. The summed E-state index contributed by atoms with van der Waals surface area (Å²) in [7, 11) is 0.165. The van der Waals surface area contributed by atoms with Crippen molar-refractivity contribution in [2.75, 3.05) is 33.7 Å². The monoisotopic (exact) mass is 489 g/mol. The average molecular weight is 490 g/mol. The van der Waals surface area contributed by atoms with Crippen LogP contribution in [0.15, 0.2) is 40.6 Å². The molecule has 0 bridgehead atoms. The fourth-order valence-corrected chi connectivity index (χ4v) is 7.06. The molecule has 6 nitrogen and oxygen atoms in total. The second-order valence-electron chi connectivity index (χ2n) is 7.47. The van der Waals surface area contributed by atoms with Crippen LogP contribution in [0, 0.1) is 5.92 Å². The van der Waals surface area contributed by atoms with Crippen LogP contribution in [0.5, 0.6) is 0 Å². The van der Waals surface area contributed by atoms with Gasteiger partial charge in [-0.05, 0) is 50.5 Å². The number of piperidine rings is 1. The van der Waals surface area contributed by atoms with Crippen molar-refractivity contribution in [2.45, 2.75) is 23.8 Å². The highest BCUT2D eigenvalue weighted by molar-refractivity contribution is 7.89. The summed E-state index contributed by atoms with van der Waals surface area (Å²) >= 11 is 13.8. The van der Waals surface area contributed by atoms with Crippen molar-refractivity contribution in [3.63, 3.8) is 0 Å². The number of likely N-dealkylation sites (N-methyl/N-ethyl adjacent to an activating group) is 1. The molecule has 30 heavy (non-hydrogen) atoms. The van der Waals surface area contributed by atoms with E-state index in [2.05, 4.69) is 16.3 Å². The summed E-state index contributed by atoms with van der Waals surface area (Å²) in [6, 6.07) is 8.80. The summed E-state index contributed by atoms with van der Waals surface area (Å²) in [5.41, 5.74) is 0. The number of carbonyl (C=O) groups excluding carboxylic acids is 1. The Morgan fingerprint density at radius 1 is 1.20 bits per heavy atom. The molecule has 1 N–H and O–H groups in total. The van der Waals surface area contributed by atoms with Crippen molar-refractivity contribution in [1.82, 2.24) is 14.5 Å². The molecule has 1 aromatic carbocycles. The van der Waals surface area contributed by atoms with E-state index in [4.69, 9.17) is 23.2 Å². The first-order valence-electron chi connectivity index (χ1n) is 9.63. The lowest BCUT2D eigenvalue weighted by Gasteiger charge is -2.31. The minimum atomic E-state index is -3.81. The van der Waals surface area contributed by atoms with Crippen LogP contribution in [-0.4, -0.2) is 57.3 Å². The Bertz CT molecular complexity index is 953. The first-order valence-corrected chi connectivity index (χ1v) is 12.7. The molecule has 10 heteroatoms. The maximum atomic E-state index is 13.0. The van der Waals surface area contributed by atoms with Crippen molar-refractivity contribution in [1.29, 1.82) is 0 Å². The van der Waals surface area contributed by atoms with Crippen molar-refractivity contribution < 1.29 is 13.2 Å². The molecule has 1 unspecified atom stereocenters. The zero-order valence-corrected chi connectivity index (χ0v) is 20.0. The van der Waals surface area contributed by atoms with Crippen molar-refractivity contribution in [2.24, 2.45) is 5.92 Å². The molecule has 1 aliphatic heterocycles. The van der Waals surface area contributed by atoms with Crippen LogP contribution in [0.3, 0.4) is 0 Å². The predicted molar refractivity (Wildman–Crippen MR) is 122 cm³/mol. The number of rotatable bonds is 7. The Balaban J connectivity index is 1.59. The molecule has 0 radical (unpaired) electrons. The fourth-order valence-electron chi connectivity index (χ4n) is 3.58. The van der Waals surface area contributed by atoms with Crippen LogP contribution in [-0.2, 0) is 14.8 Å². The van der Waals surface area contributed by atoms with E-state index < -0.39 is 10.0 Å². The predicted octanol–water partition coefficient (Wildman–Crippen LogP) is 3.87. The minimum absolute atomic E-state index is 0.0359. The maximum absolute atomic E-state index is 13.0. The molecule has 2 heterocycles. The van der Waals surface area contributed by atoms with Crippen molar-refractivity contribution in [3.05, 3.63) is 50.6 Å². The Morgan fingerprint density at radius 3 is 2.37 bits per heavy atom. The number of hydrogen-bond acceptors (Lipinski definition) is 5. The standard InChI is InChI=1S/C20H25Cl2N3O3S2/c1-24(2)17(18-7-4-12-29-18)13-23-20(26)14-8-10-25(11-9-14)30(27,28)19-15(21)5-3-6-16(19)22/h3-7,12,14,17H,8-11,13H2,1-2H3,(H,23,26). The number of amides is 1. The summed E-state index contributed by atoms with van der Waals surface area (Å²) in [6.07, 6.45) is 0.914. The Labute approximate surface area is 191 Å². The third kappa shape index (κ3) is 5.18. The van der Waals surface area contributed by atoms with Gasteiger partial charge in [-0.15, -0.1) is 11.3 Å². The van der Waals surface area contributed by atoms with E-state index in [0.717, 1.165) is 0 Å². The van der Waals surface area contributed by atoms with Gasteiger partial charge in [0.2, 0.25) is 15.9 Å². The largest absolute Gasteiger partial charge is 0.354 e. The molecule has 0 saturated carbocycles. The number of halogens is 2. The van der Waals surface area contributed by atoms with Gasteiger partial charge in [0.05, 0.1) is 16.1 Å². The molecule has 0 spiro atoms. The number of sulfonamides is 1. The zero-order valence-electron chi connectivity index (χ0n) is 16.8. The van der Waals surface area contributed by atoms with E-state index in [1.807, 2.05) is 25.5 Å². The highest BCUT2D eigenvalue weighted by Gasteiger charge is 2.34.